The van der Waals surface area contributed by atoms with E-state index in [1.54, 1.807) is 11.0 Å². The lowest BCUT2D eigenvalue weighted by Gasteiger charge is -2.29. The lowest BCUT2D eigenvalue weighted by molar-refractivity contribution is -0.139. The Morgan fingerprint density at radius 3 is 2.65 bits per heavy atom. The fourth-order valence-corrected chi connectivity index (χ4v) is 5.05. The Kier molecular flexibility index (Phi) is 5.89. The number of halogens is 1. The molecular formula is C26H28FN5O2. The normalized spacial score (nSPS) is 21.9. The third-order valence-electron chi connectivity index (χ3n) is 6.94. The summed E-state index contributed by atoms with van der Waals surface area (Å²) in [5.74, 6) is -0.0207. The van der Waals surface area contributed by atoms with Gasteiger partial charge in [-0.2, -0.15) is 0 Å². The van der Waals surface area contributed by atoms with Crippen LogP contribution in [0, 0.1) is 17.7 Å². The minimum absolute atomic E-state index is 0.0637. The highest BCUT2D eigenvalue weighted by Gasteiger charge is 2.56. The maximum absolute atomic E-state index is 14.9. The number of carbonyl (C=O) groups is 2. The van der Waals surface area contributed by atoms with E-state index >= 15 is 0 Å². The highest BCUT2D eigenvalue weighted by molar-refractivity contribution is 5.90. The van der Waals surface area contributed by atoms with Crippen molar-refractivity contribution in [3.05, 3.63) is 82.9 Å². The molecular weight excluding hydrogens is 433 g/mol. The number of H-pyrrole nitrogens is 1. The van der Waals surface area contributed by atoms with E-state index in [9.17, 15) is 14.0 Å². The second-order valence-corrected chi connectivity index (χ2v) is 9.60. The van der Waals surface area contributed by atoms with Crippen LogP contribution in [0.3, 0.4) is 0 Å². The Morgan fingerprint density at radius 1 is 1.18 bits per heavy atom. The summed E-state index contributed by atoms with van der Waals surface area (Å²) in [4.78, 5) is 28.3. The van der Waals surface area contributed by atoms with Crippen molar-refractivity contribution in [2.24, 2.45) is 11.8 Å². The molecule has 8 heteroatoms. The van der Waals surface area contributed by atoms with E-state index in [4.69, 9.17) is 0 Å². The minimum atomic E-state index is -0.528. The number of hydrogen-bond donors (Lipinski definition) is 2. The predicted octanol–water partition coefficient (Wildman–Crippen LogP) is 3.36. The first kappa shape index (κ1) is 22.3. The number of rotatable bonds is 7. The largest absolute Gasteiger partial charge is 0.343 e. The average molecular weight is 462 g/mol. The number of amides is 2. The van der Waals surface area contributed by atoms with Crippen molar-refractivity contribution in [2.75, 3.05) is 6.54 Å². The molecule has 1 aliphatic heterocycles. The maximum atomic E-state index is 14.9. The Morgan fingerprint density at radius 2 is 1.97 bits per heavy atom. The van der Waals surface area contributed by atoms with E-state index in [1.807, 2.05) is 50.2 Å². The molecule has 34 heavy (non-hydrogen) atoms. The molecule has 4 atom stereocenters. The van der Waals surface area contributed by atoms with E-state index in [0.717, 1.165) is 12.0 Å². The van der Waals surface area contributed by atoms with Crippen molar-refractivity contribution >= 4 is 11.8 Å². The van der Waals surface area contributed by atoms with E-state index in [-0.39, 0.29) is 35.9 Å². The van der Waals surface area contributed by atoms with Crippen LogP contribution in [-0.2, 0) is 16.0 Å². The highest BCUT2D eigenvalue weighted by atomic mass is 19.1. The minimum Gasteiger partial charge on any atom is -0.343 e. The van der Waals surface area contributed by atoms with Crippen LogP contribution in [0.25, 0.3) is 0 Å². The molecule has 0 unspecified atom stereocenters. The third kappa shape index (κ3) is 4.32. The number of carbonyl (C=O) groups excluding carboxylic acids is 2. The Hall–Kier alpha value is -3.55. The van der Waals surface area contributed by atoms with Crippen molar-refractivity contribution in [1.29, 1.82) is 0 Å². The van der Waals surface area contributed by atoms with Gasteiger partial charge < -0.3 is 10.2 Å². The van der Waals surface area contributed by atoms with Crippen LogP contribution in [0.5, 0.6) is 0 Å². The molecule has 2 amide bonds. The van der Waals surface area contributed by atoms with Crippen LogP contribution < -0.4 is 5.32 Å². The summed E-state index contributed by atoms with van der Waals surface area (Å²) >= 11 is 0. The smallest absolute Gasteiger partial charge is 0.243 e. The molecule has 3 aromatic rings. The van der Waals surface area contributed by atoms with Gasteiger partial charge in [-0.3, -0.25) is 14.7 Å². The molecule has 2 fully saturated rings. The third-order valence-corrected chi connectivity index (χ3v) is 6.94. The second-order valence-electron chi connectivity index (χ2n) is 9.60. The Balaban J connectivity index is 1.40. The highest BCUT2D eigenvalue weighted by Crippen LogP contribution is 2.50. The van der Waals surface area contributed by atoms with Gasteiger partial charge in [0.1, 0.15) is 11.9 Å². The molecule has 1 saturated carbocycles. The number of likely N-dealkylation sites (tertiary alicyclic amines) is 1. The van der Waals surface area contributed by atoms with Crippen LogP contribution in [0.15, 0.2) is 54.7 Å². The number of nitrogens with one attached hydrogen (secondary N) is 2. The van der Waals surface area contributed by atoms with Gasteiger partial charge in [-0.15, -0.1) is 5.10 Å². The molecule has 0 bridgehead atoms. The van der Waals surface area contributed by atoms with Crippen molar-refractivity contribution in [3.63, 3.8) is 0 Å². The van der Waals surface area contributed by atoms with Gasteiger partial charge in [0.2, 0.25) is 11.8 Å². The fraction of sp³-hybridized carbons (Fsp3) is 0.385. The molecule has 0 radical (unpaired) electrons. The van der Waals surface area contributed by atoms with Crippen LogP contribution in [0.1, 0.15) is 54.6 Å². The van der Waals surface area contributed by atoms with Crippen molar-refractivity contribution < 1.29 is 14.0 Å². The van der Waals surface area contributed by atoms with Crippen molar-refractivity contribution in [1.82, 2.24) is 25.6 Å². The number of nitrogens with zero attached hydrogens (tertiary/aromatic N) is 3. The maximum Gasteiger partial charge on any atom is 0.243 e. The van der Waals surface area contributed by atoms with Crippen molar-refractivity contribution in [3.8, 4) is 0 Å². The first-order valence-corrected chi connectivity index (χ1v) is 11.7. The van der Waals surface area contributed by atoms with Gasteiger partial charge in [0.05, 0.1) is 24.4 Å². The molecule has 5 rings (SSSR count). The van der Waals surface area contributed by atoms with Crippen LogP contribution >= 0.6 is 0 Å². The standard InChI is InChI=1S/C26H28FN5O2/c1-15(2)20-9-8-17(11-22(20)27)24(16-6-4-3-5-7-16)29-26(34)25-21-10-18(21)14-32(25)23(33)12-19-13-28-31-30-19/h3-9,11,13,15,18,21,24-25H,10,12,14H2,1-2H3,(H,29,34)(H,28,30,31)/t18-,21-,24-,25-/m0/s1. The summed E-state index contributed by atoms with van der Waals surface area (Å²) < 4.78 is 14.9. The van der Waals surface area contributed by atoms with E-state index in [1.165, 1.54) is 12.3 Å². The van der Waals surface area contributed by atoms with E-state index < -0.39 is 12.1 Å². The first-order valence-electron chi connectivity index (χ1n) is 11.7. The summed E-state index contributed by atoms with van der Waals surface area (Å²) in [5.41, 5.74) is 2.80. The second kappa shape index (κ2) is 9.00. The number of piperidine rings is 1. The number of fused-ring (bicyclic) bond motifs is 1. The van der Waals surface area contributed by atoms with Gasteiger partial charge >= 0.3 is 0 Å². The molecule has 2 heterocycles. The average Bonchev–Trinajstić information content (AvgIpc) is 3.21. The zero-order valence-corrected chi connectivity index (χ0v) is 19.2. The summed E-state index contributed by atoms with van der Waals surface area (Å²) in [6, 6.07) is 13.7. The predicted molar refractivity (Wildman–Crippen MR) is 124 cm³/mol. The monoisotopic (exact) mass is 461 g/mol. The Labute approximate surface area is 197 Å². The number of hydrogen-bond acceptors (Lipinski definition) is 4. The van der Waals surface area contributed by atoms with Gasteiger partial charge in [-0.1, -0.05) is 61.5 Å². The zero-order valence-electron chi connectivity index (χ0n) is 19.2. The number of aromatic nitrogens is 3. The van der Waals surface area contributed by atoms with Gasteiger partial charge in [-0.05, 0) is 46.9 Å². The quantitative estimate of drug-likeness (QED) is 0.565. The SMILES string of the molecule is CC(C)c1ccc([C@@H](NC(=O)[C@@H]2[C@H]3C[C@H]3CN2C(=O)Cc2cnn[nH]2)c2ccccc2)cc1F. The van der Waals surface area contributed by atoms with Gasteiger partial charge in [-0.25, -0.2) is 4.39 Å². The lowest BCUT2D eigenvalue weighted by atomic mass is 9.94. The molecule has 7 nitrogen and oxygen atoms in total. The van der Waals surface area contributed by atoms with Crippen LogP contribution in [0.4, 0.5) is 4.39 Å². The molecule has 2 aliphatic rings. The fourth-order valence-electron chi connectivity index (χ4n) is 5.05. The van der Waals surface area contributed by atoms with Gasteiger partial charge in [0, 0.05) is 6.54 Å². The molecule has 176 valence electrons. The topological polar surface area (TPSA) is 91.0 Å². The first-order chi connectivity index (χ1) is 16.4. The van der Waals surface area contributed by atoms with Crippen LogP contribution in [0.2, 0.25) is 0 Å². The van der Waals surface area contributed by atoms with Crippen molar-refractivity contribution in [2.45, 2.75) is 44.7 Å². The summed E-state index contributed by atoms with van der Waals surface area (Å²) in [6.45, 7) is 4.48. The summed E-state index contributed by atoms with van der Waals surface area (Å²) in [5, 5.41) is 13.2. The van der Waals surface area contributed by atoms with E-state index in [0.29, 0.717) is 29.3 Å². The zero-order chi connectivity index (χ0) is 23.8. The molecule has 0 spiro atoms. The molecule has 2 N–H and O–H groups in total. The lowest BCUT2D eigenvalue weighted by Crippen LogP contribution is -2.49. The molecule has 2 aromatic carbocycles. The Bertz CT molecular complexity index is 1180. The summed E-state index contributed by atoms with van der Waals surface area (Å²) in [7, 11) is 0. The van der Waals surface area contributed by atoms with Gasteiger partial charge in [0.25, 0.3) is 0 Å². The number of aromatic amines is 1. The molecule has 1 saturated heterocycles. The van der Waals surface area contributed by atoms with Crippen LogP contribution in [-0.4, -0.2) is 44.7 Å². The molecule has 1 aromatic heterocycles. The molecule has 1 aliphatic carbocycles. The number of benzene rings is 2. The summed E-state index contributed by atoms with van der Waals surface area (Å²) in [6.07, 6.45) is 2.59. The van der Waals surface area contributed by atoms with E-state index in [2.05, 4.69) is 20.7 Å². The van der Waals surface area contributed by atoms with Gasteiger partial charge in [0.15, 0.2) is 0 Å².